The number of rotatable bonds is 4. The number of hydrogen-bond acceptors (Lipinski definition) is 4. The highest BCUT2D eigenvalue weighted by molar-refractivity contribution is 5.85. The summed E-state index contributed by atoms with van der Waals surface area (Å²) in [7, 11) is 4.37. The molecule has 1 aliphatic rings. The van der Waals surface area contributed by atoms with Gasteiger partial charge in [0, 0.05) is 7.05 Å². The van der Waals surface area contributed by atoms with E-state index in [4.69, 9.17) is 9.57 Å². The Morgan fingerprint density at radius 1 is 1.24 bits per heavy atom. The first kappa shape index (κ1) is 14.0. The molecule has 5 heteroatoms. The minimum Gasteiger partial charge on any atom is -0.469 e. The molecule has 0 N–H and O–H groups in total. The molecule has 0 aromatic carbocycles. The summed E-state index contributed by atoms with van der Waals surface area (Å²) in [6, 6.07) is 0. The molecule has 0 saturated heterocycles. The quantitative estimate of drug-likeness (QED) is 0.550. The van der Waals surface area contributed by atoms with Crippen molar-refractivity contribution in [2.24, 2.45) is 17.8 Å². The lowest BCUT2D eigenvalue weighted by molar-refractivity contribution is -0.177. The van der Waals surface area contributed by atoms with E-state index >= 15 is 0 Å². The van der Waals surface area contributed by atoms with Crippen LogP contribution in [-0.2, 0) is 19.2 Å². The molecule has 5 nitrogen and oxygen atoms in total. The number of carbonyl (C=O) groups excluding carboxylic acids is 2. The number of hydroxylamine groups is 2. The maximum atomic E-state index is 12.1. The van der Waals surface area contributed by atoms with Gasteiger partial charge in [0.25, 0.3) is 0 Å². The standard InChI is InChI=1S/C12H21NO4/c1-5-8-6-9(11(14)13(2)17-4)10(7-8)12(15)16-3/h8-10H,5-7H2,1-4H3/t8?,9-,10-/m0/s1. The normalized spacial score (nSPS) is 27.9. The van der Waals surface area contributed by atoms with Gasteiger partial charge in [0.1, 0.15) is 0 Å². The van der Waals surface area contributed by atoms with Crippen molar-refractivity contribution < 1.29 is 19.2 Å². The molecule has 0 bridgehead atoms. The summed E-state index contributed by atoms with van der Waals surface area (Å²) in [6.45, 7) is 2.08. The van der Waals surface area contributed by atoms with Gasteiger partial charge in [-0.05, 0) is 18.8 Å². The third-order valence-corrected chi connectivity index (χ3v) is 3.64. The Labute approximate surface area is 102 Å². The van der Waals surface area contributed by atoms with Crippen LogP contribution in [0.2, 0.25) is 0 Å². The molecule has 0 radical (unpaired) electrons. The van der Waals surface area contributed by atoms with Gasteiger partial charge in [0.2, 0.25) is 5.91 Å². The summed E-state index contributed by atoms with van der Waals surface area (Å²) >= 11 is 0. The van der Waals surface area contributed by atoms with Crippen molar-refractivity contribution in [3.05, 3.63) is 0 Å². The first-order valence-electron chi connectivity index (χ1n) is 5.94. The lowest BCUT2D eigenvalue weighted by Crippen LogP contribution is -2.36. The summed E-state index contributed by atoms with van der Waals surface area (Å²) < 4.78 is 4.77. The highest BCUT2D eigenvalue weighted by Gasteiger charge is 2.43. The number of ether oxygens (including phenoxy) is 1. The number of hydrogen-bond donors (Lipinski definition) is 0. The van der Waals surface area contributed by atoms with Crippen LogP contribution in [0, 0.1) is 17.8 Å². The zero-order valence-electron chi connectivity index (χ0n) is 10.9. The Hall–Kier alpha value is -1.10. The fourth-order valence-corrected chi connectivity index (χ4v) is 2.48. The van der Waals surface area contributed by atoms with Gasteiger partial charge in [0.05, 0.1) is 26.1 Å². The second-order valence-corrected chi connectivity index (χ2v) is 4.50. The molecular weight excluding hydrogens is 222 g/mol. The van der Waals surface area contributed by atoms with Crippen LogP contribution in [-0.4, -0.2) is 38.2 Å². The van der Waals surface area contributed by atoms with Crippen molar-refractivity contribution in [3.63, 3.8) is 0 Å². The number of esters is 1. The van der Waals surface area contributed by atoms with Crippen molar-refractivity contribution >= 4 is 11.9 Å². The summed E-state index contributed by atoms with van der Waals surface area (Å²) in [5.74, 6) is -0.645. The van der Waals surface area contributed by atoms with Crippen molar-refractivity contribution in [3.8, 4) is 0 Å². The van der Waals surface area contributed by atoms with Crippen LogP contribution in [0.1, 0.15) is 26.2 Å². The highest BCUT2D eigenvalue weighted by atomic mass is 16.7. The van der Waals surface area contributed by atoms with Gasteiger partial charge in [0.15, 0.2) is 0 Å². The molecule has 1 fully saturated rings. The Bertz CT molecular complexity index is 292. The summed E-state index contributed by atoms with van der Waals surface area (Å²) in [4.78, 5) is 28.6. The Kier molecular flexibility index (Phi) is 4.93. The maximum Gasteiger partial charge on any atom is 0.309 e. The zero-order valence-corrected chi connectivity index (χ0v) is 10.9. The van der Waals surface area contributed by atoms with Gasteiger partial charge in [-0.2, -0.15) is 0 Å². The first-order valence-corrected chi connectivity index (χ1v) is 5.94. The van der Waals surface area contributed by atoms with E-state index in [1.165, 1.54) is 19.3 Å². The monoisotopic (exact) mass is 243 g/mol. The summed E-state index contributed by atoms with van der Waals surface area (Å²) in [6.07, 6.45) is 2.45. The molecule has 0 aliphatic heterocycles. The largest absolute Gasteiger partial charge is 0.469 e. The molecule has 98 valence electrons. The molecule has 1 rings (SSSR count). The Balaban J connectivity index is 2.79. The van der Waals surface area contributed by atoms with Gasteiger partial charge < -0.3 is 4.74 Å². The van der Waals surface area contributed by atoms with E-state index in [-0.39, 0.29) is 23.7 Å². The van der Waals surface area contributed by atoms with Crippen molar-refractivity contribution in [2.75, 3.05) is 21.3 Å². The van der Waals surface area contributed by atoms with Crippen LogP contribution in [0.15, 0.2) is 0 Å². The lowest BCUT2D eigenvalue weighted by Gasteiger charge is -2.21. The lowest BCUT2D eigenvalue weighted by atomic mass is 9.95. The molecule has 1 saturated carbocycles. The van der Waals surface area contributed by atoms with E-state index in [1.807, 2.05) is 0 Å². The predicted octanol–water partition coefficient (Wildman–Crippen LogP) is 1.23. The van der Waals surface area contributed by atoms with E-state index in [0.717, 1.165) is 19.3 Å². The van der Waals surface area contributed by atoms with Crippen LogP contribution < -0.4 is 0 Å². The molecule has 3 atom stereocenters. The van der Waals surface area contributed by atoms with E-state index in [9.17, 15) is 9.59 Å². The molecule has 0 spiro atoms. The smallest absolute Gasteiger partial charge is 0.309 e. The van der Waals surface area contributed by atoms with Crippen LogP contribution in [0.25, 0.3) is 0 Å². The SMILES string of the molecule is CCC1C[C@H](C(=O)OC)[C@@H](C(=O)N(C)OC)C1. The topological polar surface area (TPSA) is 55.8 Å². The predicted molar refractivity (Wildman–Crippen MR) is 61.8 cm³/mol. The summed E-state index contributed by atoms with van der Waals surface area (Å²) in [5, 5.41) is 1.19. The molecule has 1 unspecified atom stereocenters. The number of nitrogens with zero attached hydrogens (tertiary/aromatic N) is 1. The molecule has 0 aromatic heterocycles. The molecular formula is C12H21NO4. The van der Waals surface area contributed by atoms with E-state index in [1.54, 1.807) is 7.05 Å². The van der Waals surface area contributed by atoms with Crippen LogP contribution in [0.5, 0.6) is 0 Å². The van der Waals surface area contributed by atoms with Crippen molar-refractivity contribution in [1.29, 1.82) is 0 Å². The van der Waals surface area contributed by atoms with Gasteiger partial charge >= 0.3 is 5.97 Å². The Morgan fingerprint density at radius 2 is 1.82 bits per heavy atom. The van der Waals surface area contributed by atoms with Gasteiger partial charge in [-0.1, -0.05) is 13.3 Å². The number of amides is 1. The third-order valence-electron chi connectivity index (χ3n) is 3.64. The second-order valence-electron chi connectivity index (χ2n) is 4.50. The summed E-state index contributed by atoms with van der Waals surface area (Å²) in [5.41, 5.74) is 0. The molecule has 0 aromatic rings. The minimum atomic E-state index is -0.324. The number of methoxy groups -OCH3 is 1. The van der Waals surface area contributed by atoms with Gasteiger partial charge in [-0.25, -0.2) is 5.06 Å². The molecule has 1 amide bonds. The van der Waals surface area contributed by atoms with Gasteiger partial charge in [-0.3, -0.25) is 14.4 Å². The zero-order chi connectivity index (χ0) is 13.0. The Morgan fingerprint density at radius 3 is 2.29 bits per heavy atom. The van der Waals surface area contributed by atoms with Gasteiger partial charge in [-0.15, -0.1) is 0 Å². The molecule has 1 aliphatic carbocycles. The van der Waals surface area contributed by atoms with E-state index in [2.05, 4.69) is 6.92 Å². The second kappa shape index (κ2) is 6.00. The van der Waals surface area contributed by atoms with Crippen molar-refractivity contribution in [2.45, 2.75) is 26.2 Å². The third kappa shape index (κ3) is 2.97. The number of carbonyl (C=O) groups is 2. The fourth-order valence-electron chi connectivity index (χ4n) is 2.48. The van der Waals surface area contributed by atoms with E-state index < -0.39 is 0 Å². The first-order chi connectivity index (χ1) is 8.04. The van der Waals surface area contributed by atoms with E-state index in [0.29, 0.717) is 5.92 Å². The van der Waals surface area contributed by atoms with Crippen LogP contribution >= 0.6 is 0 Å². The molecule has 17 heavy (non-hydrogen) atoms. The molecule has 0 heterocycles. The van der Waals surface area contributed by atoms with Crippen LogP contribution in [0.4, 0.5) is 0 Å². The average Bonchev–Trinajstić information content (AvgIpc) is 2.79. The minimum absolute atomic E-state index is 0.140. The van der Waals surface area contributed by atoms with Crippen molar-refractivity contribution in [1.82, 2.24) is 5.06 Å². The maximum absolute atomic E-state index is 12.1. The van der Waals surface area contributed by atoms with Crippen LogP contribution in [0.3, 0.4) is 0 Å². The average molecular weight is 243 g/mol. The fraction of sp³-hybridized carbons (Fsp3) is 0.833. The highest BCUT2D eigenvalue weighted by Crippen LogP contribution is 2.39.